The average Bonchev–Trinajstić information content (AvgIpc) is 2.51. The van der Waals surface area contributed by atoms with Crippen molar-refractivity contribution in [2.75, 3.05) is 13.1 Å². The van der Waals surface area contributed by atoms with Gasteiger partial charge in [0, 0.05) is 12.1 Å². The zero-order valence-electron chi connectivity index (χ0n) is 8.47. The van der Waals surface area contributed by atoms with E-state index in [9.17, 15) is 4.79 Å². The van der Waals surface area contributed by atoms with E-state index in [1.807, 2.05) is 0 Å². The van der Waals surface area contributed by atoms with Gasteiger partial charge >= 0.3 is 0 Å². The Morgan fingerprint density at radius 3 is 2.92 bits per heavy atom. The number of nitrogens with one attached hydrogen (secondary N) is 1. The van der Waals surface area contributed by atoms with Crippen LogP contribution in [0, 0.1) is 0 Å². The maximum atomic E-state index is 11.3. The first-order chi connectivity index (χ1) is 6.15. The summed E-state index contributed by atoms with van der Waals surface area (Å²) < 4.78 is 0. The monoisotopic (exact) mass is 182 g/mol. The number of amides is 1. The van der Waals surface area contributed by atoms with Gasteiger partial charge in [-0.2, -0.15) is 0 Å². The summed E-state index contributed by atoms with van der Waals surface area (Å²) in [6.07, 6.45) is 2.47. The number of carbonyl (C=O) groups excluding carboxylic acids is 1. The molecule has 0 radical (unpaired) electrons. The second-order valence-corrected chi connectivity index (χ2v) is 3.54. The standard InChI is InChI=1S/C10H18N2O/c1-4-12-7-5-6-9(12)11-10(13)8(2)3/h9H,2,4-7H2,1,3H3,(H,11,13). The predicted octanol–water partition coefficient (Wildman–Crippen LogP) is 1.12. The number of nitrogens with zero attached hydrogens (tertiary/aromatic N) is 1. The molecule has 1 rings (SSSR count). The molecular formula is C10H18N2O. The highest BCUT2D eigenvalue weighted by molar-refractivity contribution is 5.92. The molecule has 0 aromatic heterocycles. The van der Waals surface area contributed by atoms with Gasteiger partial charge in [0.25, 0.3) is 0 Å². The lowest BCUT2D eigenvalue weighted by molar-refractivity contribution is -0.119. The third-order valence-electron chi connectivity index (χ3n) is 2.46. The van der Waals surface area contributed by atoms with Crippen molar-refractivity contribution in [3.63, 3.8) is 0 Å². The van der Waals surface area contributed by atoms with Crippen LogP contribution in [0.25, 0.3) is 0 Å². The number of hydrogen-bond acceptors (Lipinski definition) is 2. The Morgan fingerprint density at radius 1 is 1.69 bits per heavy atom. The fraction of sp³-hybridized carbons (Fsp3) is 0.700. The molecule has 1 amide bonds. The van der Waals surface area contributed by atoms with E-state index in [0.29, 0.717) is 5.57 Å². The van der Waals surface area contributed by atoms with Crippen LogP contribution in [-0.2, 0) is 4.79 Å². The van der Waals surface area contributed by atoms with Crippen LogP contribution in [0.1, 0.15) is 26.7 Å². The highest BCUT2D eigenvalue weighted by atomic mass is 16.1. The van der Waals surface area contributed by atoms with E-state index in [2.05, 4.69) is 23.7 Å². The summed E-state index contributed by atoms with van der Waals surface area (Å²) in [7, 11) is 0. The quantitative estimate of drug-likeness (QED) is 0.663. The minimum Gasteiger partial charge on any atom is -0.337 e. The van der Waals surface area contributed by atoms with Crippen LogP contribution in [0.15, 0.2) is 12.2 Å². The first-order valence-corrected chi connectivity index (χ1v) is 4.85. The molecule has 1 unspecified atom stereocenters. The molecule has 1 fully saturated rings. The lowest BCUT2D eigenvalue weighted by Gasteiger charge is -2.23. The summed E-state index contributed by atoms with van der Waals surface area (Å²) in [6, 6.07) is 0. The molecule has 13 heavy (non-hydrogen) atoms. The lowest BCUT2D eigenvalue weighted by atomic mass is 10.3. The first kappa shape index (κ1) is 10.3. The Balaban J connectivity index is 2.44. The van der Waals surface area contributed by atoms with Gasteiger partial charge in [-0.15, -0.1) is 0 Å². The Bertz CT molecular complexity index is 213. The molecule has 1 N–H and O–H groups in total. The van der Waals surface area contributed by atoms with Crippen molar-refractivity contribution in [1.29, 1.82) is 0 Å². The van der Waals surface area contributed by atoms with Gasteiger partial charge in [-0.1, -0.05) is 13.5 Å². The van der Waals surface area contributed by atoms with Crippen LogP contribution >= 0.6 is 0 Å². The molecule has 0 aliphatic carbocycles. The van der Waals surface area contributed by atoms with E-state index < -0.39 is 0 Å². The summed E-state index contributed by atoms with van der Waals surface area (Å²) in [5, 5.41) is 2.97. The van der Waals surface area contributed by atoms with E-state index >= 15 is 0 Å². The summed E-state index contributed by atoms with van der Waals surface area (Å²) in [5.74, 6) is -0.0228. The van der Waals surface area contributed by atoms with Gasteiger partial charge in [-0.25, -0.2) is 0 Å². The first-order valence-electron chi connectivity index (χ1n) is 4.85. The van der Waals surface area contributed by atoms with Crippen molar-refractivity contribution in [1.82, 2.24) is 10.2 Å². The van der Waals surface area contributed by atoms with E-state index in [4.69, 9.17) is 0 Å². The normalized spacial score (nSPS) is 23.1. The molecule has 0 saturated carbocycles. The molecule has 1 atom stereocenters. The van der Waals surface area contributed by atoms with Crippen LogP contribution in [-0.4, -0.2) is 30.1 Å². The van der Waals surface area contributed by atoms with E-state index in [-0.39, 0.29) is 12.1 Å². The maximum Gasteiger partial charge on any atom is 0.247 e. The van der Waals surface area contributed by atoms with Crippen LogP contribution in [0.2, 0.25) is 0 Å². The van der Waals surface area contributed by atoms with E-state index in [1.165, 1.54) is 6.42 Å². The van der Waals surface area contributed by atoms with Crippen molar-refractivity contribution in [2.45, 2.75) is 32.9 Å². The fourth-order valence-corrected chi connectivity index (χ4v) is 1.64. The Kier molecular flexibility index (Phi) is 3.48. The van der Waals surface area contributed by atoms with Crippen molar-refractivity contribution in [3.8, 4) is 0 Å². The second-order valence-electron chi connectivity index (χ2n) is 3.54. The number of hydrogen-bond donors (Lipinski definition) is 1. The molecule has 0 aromatic carbocycles. The van der Waals surface area contributed by atoms with Crippen LogP contribution in [0.5, 0.6) is 0 Å². The van der Waals surface area contributed by atoms with E-state index in [0.717, 1.165) is 19.5 Å². The molecule has 3 heteroatoms. The summed E-state index contributed by atoms with van der Waals surface area (Å²) in [5.41, 5.74) is 0.586. The zero-order valence-corrected chi connectivity index (χ0v) is 8.47. The zero-order chi connectivity index (χ0) is 9.84. The Hall–Kier alpha value is -0.830. The van der Waals surface area contributed by atoms with Gasteiger partial charge in [0.05, 0.1) is 6.17 Å². The summed E-state index contributed by atoms with van der Waals surface area (Å²) in [4.78, 5) is 13.6. The van der Waals surface area contributed by atoms with Crippen molar-refractivity contribution in [2.24, 2.45) is 0 Å². The topological polar surface area (TPSA) is 32.3 Å². The Morgan fingerprint density at radius 2 is 2.38 bits per heavy atom. The van der Waals surface area contributed by atoms with Crippen molar-refractivity contribution >= 4 is 5.91 Å². The SMILES string of the molecule is C=C(C)C(=O)NC1CCCN1CC. The second kappa shape index (κ2) is 4.42. The smallest absolute Gasteiger partial charge is 0.247 e. The molecule has 0 spiro atoms. The van der Waals surface area contributed by atoms with Crippen molar-refractivity contribution < 1.29 is 4.79 Å². The van der Waals surface area contributed by atoms with Gasteiger partial charge in [0.2, 0.25) is 5.91 Å². The highest BCUT2D eigenvalue weighted by Crippen LogP contribution is 2.14. The van der Waals surface area contributed by atoms with Crippen LogP contribution in [0.4, 0.5) is 0 Å². The van der Waals surface area contributed by atoms with Gasteiger partial charge in [0.1, 0.15) is 0 Å². The largest absolute Gasteiger partial charge is 0.337 e. The lowest BCUT2D eigenvalue weighted by Crippen LogP contribution is -2.44. The molecule has 1 aliphatic rings. The third-order valence-corrected chi connectivity index (χ3v) is 2.46. The number of rotatable bonds is 3. The Labute approximate surface area is 79.8 Å². The summed E-state index contributed by atoms with van der Waals surface area (Å²) in [6.45, 7) is 9.57. The number of carbonyl (C=O) groups is 1. The van der Waals surface area contributed by atoms with Crippen LogP contribution in [0.3, 0.4) is 0 Å². The van der Waals surface area contributed by atoms with Gasteiger partial charge < -0.3 is 5.32 Å². The van der Waals surface area contributed by atoms with Gasteiger partial charge in [0.15, 0.2) is 0 Å². The molecular weight excluding hydrogens is 164 g/mol. The van der Waals surface area contributed by atoms with Crippen LogP contribution < -0.4 is 5.32 Å². The predicted molar refractivity (Wildman–Crippen MR) is 53.2 cm³/mol. The molecule has 0 bridgehead atoms. The molecule has 3 nitrogen and oxygen atoms in total. The van der Waals surface area contributed by atoms with Crippen molar-refractivity contribution in [3.05, 3.63) is 12.2 Å². The third kappa shape index (κ3) is 2.56. The minimum atomic E-state index is -0.0228. The fourth-order valence-electron chi connectivity index (χ4n) is 1.64. The molecule has 74 valence electrons. The van der Waals surface area contributed by atoms with E-state index in [1.54, 1.807) is 6.92 Å². The number of likely N-dealkylation sites (tertiary alicyclic amines) is 1. The van der Waals surface area contributed by atoms with Gasteiger partial charge in [-0.05, 0) is 26.3 Å². The molecule has 1 saturated heterocycles. The molecule has 1 aliphatic heterocycles. The van der Waals surface area contributed by atoms with Gasteiger partial charge in [-0.3, -0.25) is 9.69 Å². The average molecular weight is 182 g/mol. The minimum absolute atomic E-state index is 0.0228. The highest BCUT2D eigenvalue weighted by Gasteiger charge is 2.24. The summed E-state index contributed by atoms with van der Waals surface area (Å²) >= 11 is 0. The molecule has 1 heterocycles. The molecule has 0 aromatic rings. The maximum absolute atomic E-state index is 11.3.